The number of thioether (sulfide) groups is 1. The van der Waals surface area contributed by atoms with Crippen LogP contribution in [0.25, 0.3) is 0 Å². The van der Waals surface area contributed by atoms with Crippen LogP contribution in [0.15, 0.2) is 29.3 Å². The predicted octanol–water partition coefficient (Wildman–Crippen LogP) is 2.75. The first-order valence-corrected chi connectivity index (χ1v) is 7.15. The van der Waals surface area contributed by atoms with Crippen molar-refractivity contribution in [1.82, 2.24) is 4.90 Å². The van der Waals surface area contributed by atoms with E-state index in [9.17, 15) is 4.79 Å². The normalized spacial score (nSPS) is 19.9. The lowest BCUT2D eigenvalue weighted by molar-refractivity contribution is 0.187. The first-order chi connectivity index (χ1) is 9.26. The molecule has 3 rings (SSSR count). The summed E-state index contributed by atoms with van der Waals surface area (Å²) in [6.45, 7) is 2.02. The van der Waals surface area contributed by atoms with Crippen LogP contribution >= 0.6 is 24.2 Å². The summed E-state index contributed by atoms with van der Waals surface area (Å²) in [4.78, 5) is 18.2. The van der Waals surface area contributed by atoms with Crippen molar-refractivity contribution in [3.63, 3.8) is 0 Å². The first kappa shape index (κ1) is 15.0. The molecule has 1 unspecified atom stereocenters. The number of fused-ring (bicyclic) bond motifs is 1. The van der Waals surface area contributed by atoms with Crippen molar-refractivity contribution in [2.24, 2.45) is 4.99 Å². The zero-order chi connectivity index (χ0) is 13.2. The summed E-state index contributed by atoms with van der Waals surface area (Å²) in [5, 5.41) is 3.83. The number of carbonyl (C=O) groups is 1. The molecule has 108 valence electrons. The monoisotopic (exact) mass is 313 g/mol. The number of halogens is 1. The molecule has 2 aliphatic heterocycles. The SMILES string of the molecule is COC(=O)Nc1cccc(C2CN3CCSC3=N2)c1.Cl. The molecule has 2 aliphatic rings. The van der Waals surface area contributed by atoms with Crippen molar-refractivity contribution in [3.05, 3.63) is 29.8 Å². The molecule has 1 atom stereocenters. The van der Waals surface area contributed by atoms with Crippen LogP contribution in [0, 0.1) is 0 Å². The van der Waals surface area contributed by atoms with Gasteiger partial charge in [0.1, 0.15) is 0 Å². The number of ether oxygens (including phenoxy) is 1. The van der Waals surface area contributed by atoms with E-state index in [0.29, 0.717) is 0 Å². The largest absolute Gasteiger partial charge is 0.453 e. The van der Waals surface area contributed by atoms with E-state index in [1.54, 1.807) is 0 Å². The van der Waals surface area contributed by atoms with E-state index in [1.807, 2.05) is 36.0 Å². The number of rotatable bonds is 2. The van der Waals surface area contributed by atoms with Crippen LogP contribution in [-0.4, -0.2) is 42.1 Å². The maximum absolute atomic E-state index is 11.2. The van der Waals surface area contributed by atoms with E-state index in [1.165, 1.54) is 7.11 Å². The summed E-state index contributed by atoms with van der Waals surface area (Å²) in [7, 11) is 1.35. The molecule has 0 radical (unpaired) electrons. The van der Waals surface area contributed by atoms with Gasteiger partial charge < -0.3 is 9.64 Å². The molecule has 2 heterocycles. The van der Waals surface area contributed by atoms with E-state index in [4.69, 9.17) is 4.99 Å². The Hall–Kier alpha value is -1.40. The van der Waals surface area contributed by atoms with Crippen molar-refractivity contribution in [3.8, 4) is 0 Å². The summed E-state index contributed by atoms with van der Waals surface area (Å²) in [5.41, 5.74) is 1.86. The lowest BCUT2D eigenvalue weighted by atomic mass is 10.1. The van der Waals surface area contributed by atoms with Gasteiger partial charge in [0, 0.05) is 24.5 Å². The van der Waals surface area contributed by atoms with Crippen LogP contribution in [0.1, 0.15) is 11.6 Å². The number of carbonyl (C=O) groups excluding carboxylic acids is 1. The predicted molar refractivity (Wildman–Crippen MR) is 83.9 cm³/mol. The van der Waals surface area contributed by atoms with Gasteiger partial charge in [-0.1, -0.05) is 23.9 Å². The number of nitrogens with one attached hydrogen (secondary N) is 1. The zero-order valence-corrected chi connectivity index (χ0v) is 12.7. The zero-order valence-electron chi connectivity index (χ0n) is 11.0. The van der Waals surface area contributed by atoms with Gasteiger partial charge >= 0.3 is 6.09 Å². The van der Waals surface area contributed by atoms with Gasteiger partial charge in [0.15, 0.2) is 5.17 Å². The quantitative estimate of drug-likeness (QED) is 0.912. The number of benzene rings is 1. The molecule has 1 N–H and O–H groups in total. The first-order valence-electron chi connectivity index (χ1n) is 6.17. The number of methoxy groups -OCH3 is 1. The van der Waals surface area contributed by atoms with E-state index in [2.05, 4.69) is 15.0 Å². The van der Waals surface area contributed by atoms with Gasteiger partial charge in [-0.15, -0.1) is 12.4 Å². The van der Waals surface area contributed by atoms with Crippen LogP contribution < -0.4 is 5.32 Å². The average molecular weight is 314 g/mol. The summed E-state index contributed by atoms with van der Waals surface area (Å²) >= 11 is 1.82. The number of hydrogen-bond acceptors (Lipinski definition) is 5. The van der Waals surface area contributed by atoms with Crippen LogP contribution in [0.2, 0.25) is 0 Å². The second kappa shape index (κ2) is 6.37. The van der Waals surface area contributed by atoms with E-state index in [-0.39, 0.29) is 18.4 Å². The smallest absolute Gasteiger partial charge is 0.411 e. The third-order valence-corrected chi connectivity index (χ3v) is 4.23. The van der Waals surface area contributed by atoms with Crippen LogP contribution in [-0.2, 0) is 4.74 Å². The lowest BCUT2D eigenvalue weighted by Crippen LogP contribution is -2.21. The Balaban J connectivity index is 0.00000147. The minimum absolute atomic E-state index is 0. The number of anilines is 1. The fourth-order valence-corrected chi connectivity index (χ4v) is 3.32. The molecular formula is C13H16ClN3O2S. The van der Waals surface area contributed by atoms with Crippen molar-refractivity contribution >= 4 is 41.1 Å². The van der Waals surface area contributed by atoms with Gasteiger partial charge in [0.25, 0.3) is 0 Å². The summed E-state index contributed by atoms with van der Waals surface area (Å²) < 4.78 is 4.59. The van der Waals surface area contributed by atoms with Crippen molar-refractivity contribution in [2.75, 3.05) is 31.3 Å². The molecule has 5 nitrogen and oxygen atoms in total. The Kier molecular flexibility index (Phi) is 4.77. The lowest BCUT2D eigenvalue weighted by Gasteiger charge is -2.13. The fourth-order valence-electron chi connectivity index (χ4n) is 2.28. The molecule has 20 heavy (non-hydrogen) atoms. The molecule has 0 aromatic heterocycles. The third-order valence-electron chi connectivity index (χ3n) is 3.23. The van der Waals surface area contributed by atoms with Crippen molar-refractivity contribution in [1.29, 1.82) is 0 Å². The van der Waals surface area contributed by atoms with Gasteiger partial charge in [-0.2, -0.15) is 0 Å². The highest BCUT2D eigenvalue weighted by Crippen LogP contribution is 2.32. The van der Waals surface area contributed by atoms with Crippen LogP contribution in [0.4, 0.5) is 10.5 Å². The van der Waals surface area contributed by atoms with Crippen LogP contribution in [0.3, 0.4) is 0 Å². The number of amidine groups is 1. The van der Waals surface area contributed by atoms with E-state index in [0.717, 1.165) is 35.3 Å². The topological polar surface area (TPSA) is 53.9 Å². The van der Waals surface area contributed by atoms with Gasteiger partial charge in [0.2, 0.25) is 0 Å². The Labute approximate surface area is 128 Å². The molecule has 1 saturated heterocycles. The van der Waals surface area contributed by atoms with Gasteiger partial charge in [0.05, 0.1) is 13.2 Å². The number of amides is 1. The Morgan fingerprint density at radius 2 is 2.40 bits per heavy atom. The second-order valence-electron chi connectivity index (χ2n) is 4.46. The molecule has 0 saturated carbocycles. The number of hydrogen-bond donors (Lipinski definition) is 1. The molecule has 7 heteroatoms. The molecular weight excluding hydrogens is 298 g/mol. The minimum atomic E-state index is -0.453. The summed E-state index contributed by atoms with van der Waals surface area (Å²) in [5.74, 6) is 1.13. The second-order valence-corrected chi connectivity index (χ2v) is 5.53. The van der Waals surface area contributed by atoms with E-state index >= 15 is 0 Å². The number of aliphatic imine (C=N–C) groups is 1. The summed E-state index contributed by atoms with van der Waals surface area (Å²) in [6.07, 6.45) is -0.453. The Bertz CT molecular complexity index is 538. The third kappa shape index (κ3) is 3.02. The highest BCUT2D eigenvalue weighted by atomic mass is 35.5. The fraction of sp³-hybridized carbons (Fsp3) is 0.385. The van der Waals surface area contributed by atoms with Gasteiger partial charge in [-0.3, -0.25) is 10.3 Å². The summed E-state index contributed by atoms with van der Waals surface area (Å²) in [6, 6.07) is 7.94. The average Bonchev–Trinajstić information content (AvgIpc) is 2.99. The van der Waals surface area contributed by atoms with E-state index < -0.39 is 6.09 Å². The highest BCUT2D eigenvalue weighted by molar-refractivity contribution is 8.14. The minimum Gasteiger partial charge on any atom is -0.453 e. The van der Waals surface area contributed by atoms with Gasteiger partial charge in [-0.05, 0) is 17.7 Å². The van der Waals surface area contributed by atoms with Crippen LogP contribution in [0.5, 0.6) is 0 Å². The molecule has 0 spiro atoms. The van der Waals surface area contributed by atoms with Crippen molar-refractivity contribution in [2.45, 2.75) is 6.04 Å². The molecule has 0 aliphatic carbocycles. The highest BCUT2D eigenvalue weighted by Gasteiger charge is 2.30. The standard InChI is InChI=1S/C13H15N3O2S.ClH/c1-18-13(17)14-10-4-2-3-9(7-10)11-8-16-5-6-19-12(16)15-11;/h2-4,7,11H,5-6,8H2,1H3,(H,14,17);1H. The van der Waals surface area contributed by atoms with Crippen molar-refractivity contribution < 1.29 is 9.53 Å². The maximum atomic E-state index is 11.2. The molecule has 1 aromatic rings. The molecule has 0 bridgehead atoms. The molecule has 1 fully saturated rings. The number of nitrogens with zero attached hydrogens (tertiary/aromatic N) is 2. The Morgan fingerprint density at radius 1 is 1.55 bits per heavy atom. The Morgan fingerprint density at radius 3 is 3.15 bits per heavy atom. The molecule has 1 amide bonds. The maximum Gasteiger partial charge on any atom is 0.411 e. The molecule has 1 aromatic carbocycles. The van der Waals surface area contributed by atoms with Gasteiger partial charge in [-0.25, -0.2) is 4.79 Å².